The molecule has 0 saturated carbocycles. The predicted molar refractivity (Wildman–Crippen MR) is 147 cm³/mol. The summed E-state index contributed by atoms with van der Waals surface area (Å²) in [6.45, 7) is 1.30. The molecule has 6 rings (SSSR count). The van der Waals surface area contributed by atoms with Crippen LogP contribution in [0.25, 0.3) is 21.6 Å². The summed E-state index contributed by atoms with van der Waals surface area (Å²) in [6, 6.07) is 20.9. The van der Waals surface area contributed by atoms with Crippen LogP contribution in [0.2, 0.25) is 0 Å². The average Bonchev–Trinajstić information content (AvgIpc) is 3.50. The van der Waals surface area contributed by atoms with E-state index in [0.717, 1.165) is 18.5 Å². The standard InChI is InChI=1S/C30H23FN4O4S/c1-37-30(36)26-15-25-29(40-26)34-27(35(25)17-22-11-12-38-22)14-19-7-8-20(13-23(19)31)24-3-2-4-28(33-24)39-21-9-5-18(16-32)6-10-21/h2-10,13,15,22H,11-12,14,17H2,1H3/t22-/m0/s1. The Morgan fingerprint density at radius 1 is 1.18 bits per heavy atom. The van der Waals surface area contributed by atoms with Crippen LogP contribution in [-0.2, 0) is 22.4 Å². The zero-order chi connectivity index (χ0) is 27.6. The molecule has 1 aliphatic rings. The molecule has 8 nitrogen and oxygen atoms in total. The van der Waals surface area contributed by atoms with Gasteiger partial charge in [-0.15, -0.1) is 11.3 Å². The average molecular weight is 555 g/mol. The number of carbonyl (C=O) groups is 1. The van der Waals surface area contributed by atoms with Crippen molar-refractivity contribution in [1.82, 2.24) is 14.5 Å². The third-order valence-electron chi connectivity index (χ3n) is 6.72. The van der Waals surface area contributed by atoms with E-state index in [1.54, 1.807) is 54.6 Å². The number of nitriles is 1. The van der Waals surface area contributed by atoms with Crippen LogP contribution in [0.4, 0.5) is 4.39 Å². The highest BCUT2D eigenvalue weighted by atomic mass is 32.1. The van der Waals surface area contributed by atoms with Crippen molar-refractivity contribution in [3.05, 3.63) is 94.4 Å². The first-order valence-corrected chi connectivity index (χ1v) is 13.4. The third kappa shape index (κ3) is 5.17. The summed E-state index contributed by atoms with van der Waals surface area (Å²) < 4.78 is 33.7. The molecule has 10 heteroatoms. The number of hydrogen-bond acceptors (Lipinski definition) is 8. The van der Waals surface area contributed by atoms with Gasteiger partial charge >= 0.3 is 5.97 Å². The molecule has 4 heterocycles. The SMILES string of the molecule is COC(=O)c1cc2c(nc(Cc3ccc(-c4cccc(Oc5ccc(C#N)cc5)n4)cc3F)n2C[C@@H]2CCO2)s1. The summed E-state index contributed by atoms with van der Waals surface area (Å²) in [5, 5.41) is 8.97. The highest BCUT2D eigenvalue weighted by Crippen LogP contribution is 2.31. The fourth-order valence-corrected chi connectivity index (χ4v) is 5.48. The van der Waals surface area contributed by atoms with E-state index in [1.807, 2.05) is 10.6 Å². The number of rotatable bonds is 8. The maximum Gasteiger partial charge on any atom is 0.348 e. The number of hydrogen-bond donors (Lipinski definition) is 0. The smallest absolute Gasteiger partial charge is 0.348 e. The number of aromatic nitrogens is 3. The first kappa shape index (κ1) is 25.7. The van der Waals surface area contributed by atoms with Gasteiger partial charge in [0, 0.05) is 24.7 Å². The highest BCUT2D eigenvalue weighted by Gasteiger charge is 2.24. The maximum absolute atomic E-state index is 15.4. The summed E-state index contributed by atoms with van der Waals surface area (Å²) in [5.41, 5.74) is 3.03. The zero-order valence-corrected chi connectivity index (χ0v) is 22.3. The summed E-state index contributed by atoms with van der Waals surface area (Å²) >= 11 is 1.26. The van der Waals surface area contributed by atoms with E-state index >= 15 is 4.39 Å². The number of benzene rings is 2. The van der Waals surface area contributed by atoms with E-state index in [4.69, 9.17) is 24.5 Å². The molecule has 5 aromatic rings. The first-order valence-electron chi connectivity index (χ1n) is 12.6. The number of halogens is 1. The fourth-order valence-electron chi connectivity index (χ4n) is 4.50. The van der Waals surface area contributed by atoms with Gasteiger partial charge in [0.2, 0.25) is 5.88 Å². The van der Waals surface area contributed by atoms with E-state index in [1.165, 1.54) is 24.5 Å². The van der Waals surface area contributed by atoms with Crippen molar-refractivity contribution in [2.24, 2.45) is 0 Å². The Kier molecular flexibility index (Phi) is 6.99. The van der Waals surface area contributed by atoms with Gasteiger partial charge in [-0.25, -0.2) is 19.2 Å². The lowest BCUT2D eigenvalue weighted by Gasteiger charge is -2.27. The Labute approximate surface area is 233 Å². The van der Waals surface area contributed by atoms with Gasteiger partial charge in [-0.05, 0) is 54.4 Å². The zero-order valence-electron chi connectivity index (χ0n) is 21.5. The number of carbonyl (C=O) groups excluding carboxylic acids is 1. The van der Waals surface area contributed by atoms with Crippen molar-refractivity contribution in [3.63, 3.8) is 0 Å². The number of thiophene rings is 1. The van der Waals surface area contributed by atoms with Crippen LogP contribution in [0.5, 0.6) is 11.6 Å². The molecule has 1 aliphatic heterocycles. The van der Waals surface area contributed by atoms with Crippen molar-refractivity contribution in [3.8, 4) is 29.0 Å². The number of imidazole rings is 1. The van der Waals surface area contributed by atoms with Crippen LogP contribution >= 0.6 is 11.3 Å². The molecule has 0 aliphatic carbocycles. The van der Waals surface area contributed by atoms with Gasteiger partial charge in [0.15, 0.2) is 0 Å². The molecule has 1 fully saturated rings. The first-order chi connectivity index (χ1) is 19.5. The minimum absolute atomic E-state index is 0.0645. The molecule has 0 bridgehead atoms. The van der Waals surface area contributed by atoms with Gasteiger partial charge in [-0.3, -0.25) is 0 Å². The number of methoxy groups -OCH3 is 1. The quantitative estimate of drug-likeness (QED) is 0.213. The second-order valence-corrected chi connectivity index (χ2v) is 10.3. The van der Waals surface area contributed by atoms with Crippen molar-refractivity contribution >= 4 is 27.7 Å². The van der Waals surface area contributed by atoms with Crippen LogP contribution in [0, 0.1) is 17.1 Å². The largest absolute Gasteiger partial charge is 0.465 e. The lowest BCUT2D eigenvalue weighted by atomic mass is 10.1. The summed E-state index contributed by atoms with van der Waals surface area (Å²) in [7, 11) is 1.35. The molecule has 1 atom stereocenters. The summed E-state index contributed by atoms with van der Waals surface area (Å²) in [5.74, 6) is 0.837. The van der Waals surface area contributed by atoms with Crippen LogP contribution < -0.4 is 4.74 Å². The molecule has 1 saturated heterocycles. The number of nitrogens with zero attached hydrogens (tertiary/aromatic N) is 4. The normalized spacial score (nSPS) is 14.5. The van der Waals surface area contributed by atoms with Crippen molar-refractivity contribution in [1.29, 1.82) is 5.26 Å². The fraction of sp³-hybridized carbons (Fsp3) is 0.200. The van der Waals surface area contributed by atoms with E-state index < -0.39 is 5.97 Å². The van der Waals surface area contributed by atoms with Crippen molar-refractivity contribution in [2.45, 2.75) is 25.5 Å². The van der Waals surface area contributed by atoms with Gasteiger partial charge in [0.1, 0.15) is 27.1 Å². The van der Waals surface area contributed by atoms with E-state index in [2.05, 4.69) is 11.1 Å². The molecule has 0 N–H and O–H groups in total. The Balaban J connectivity index is 1.24. The van der Waals surface area contributed by atoms with Gasteiger partial charge < -0.3 is 18.8 Å². The maximum atomic E-state index is 15.4. The van der Waals surface area contributed by atoms with E-state index in [-0.39, 0.29) is 18.3 Å². The molecule has 3 aromatic heterocycles. The Hall–Kier alpha value is -4.59. The Morgan fingerprint density at radius 2 is 2.00 bits per heavy atom. The van der Waals surface area contributed by atoms with Crippen molar-refractivity contribution in [2.75, 3.05) is 13.7 Å². The van der Waals surface area contributed by atoms with Crippen LogP contribution in [0.3, 0.4) is 0 Å². The van der Waals surface area contributed by atoms with Gasteiger partial charge in [-0.2, -0.15) is 5.26 Å². The lowest BCUT2D eigenvalue weighted by molar-refractivity contribution is -0.0589. The van der Waals surface area contributed by atoms with E-state index in [0.29, 0.717) is 56.1 Å². The Bertz CT molecular complexity index is 1750. The second kappa shape index (κ2) is 10.9. The molecule has 0 amide bonds. The molecular formula is C30H23FN4O4S. The molecular weight excluding hydrogens is 531 g/mol. The predicted octanol–water partition coefficient (Wildman–Crippen LogP) is 6.13. The van der Waals surface area contributed by atoms with E-state index in [9.17, 15) is 4.79 Å². The van der Waals surface area contributed by atoms with Crippen LogP contribution in [-0.4, -0.2) is 40.3 Å². The highest BCUT2D eigenvalue weighted by molar-refractivity contribution is 7.20. The van der Waals surface area contributed by atoms with Gasteiger partial charge in [-0.1, -0.05) is 18.2 Å². The minimum Gasteiger partial charge on any atom is -0.465 e. The molecule has 0 unspecified atom stereocenters. The number of fused-ring (bicyclic) bond motifs is 1. The second-order valence-electron chi connectivity index (χ2n) is 9.30. The van der Waals surface area contributed by atoms with Crippen LogP contribution in [0.1, 0.15) is 33.0 Å². The number of ether oxygens (including phenoxy) is 3. The molecule has 2 aromatic carbocycles. The van der Waals surface area contributed by atoms with Gasteiger partial charge in [0.25, 0.3) is 0 Å². The summed E-state index contributed by atoms with van der Waals surface area (Å²) in [6.07, 6.45) is 1.29. The molecule has 40 heavy (non-hydrogen) atoms. The molecule has 0 radical (unpaired) electrons. The monoisotopic (exact) mass is 554 g/mol. The van der Waals surface area contributed by atoms with Crippen molar-refractivity contribution < 1.29 is 23.4 Å². The minimum atomic E-state index is -0.405. The topological polar surface area (TPSA) is 99.3 Å². The molecule has 0 spiro atoms. The molecule has 200 valence electrons. The number of pyridine rings is 1. The lowest BCUT2D eigenvalue weighted by Crippen LogP contribution is -2.31. The third-order valence-corrected chi connectivity index (χ3v) is 7.72. The van der Waals surface area contributed by atoms with Crippen LogP contribution in [0.15, 0.2) is 66.7 Å². The summed E-state index contributed by atoms with van der Waals surface area (Å²) in [4.78, 5) is 22.5. The Morgan fingerprint density at radius 3 is 2.70 bits per heavy atom. The number of esters is 1. The van der Waals surface area contributed by atoms with Gasteiger partial charge in [0.05, 0.1) is 42.6 Å².